The van der Waals surface area contributed by atoms with Gasteiger partial charge in [0.05, 0.1) is 33.5 Å². The first kappa shape index (κ1) is 51.1. The molecule has 0 radical (unpaired) electrons. The van der Waals surface area contributed by atoms with Crippen molar-refractivity contribution in [1.82, 2.24) is 24.5 Å². The van der Waals surface area contributed by atoms with E-state index in [1.807, 2.05) is 0 Å². The zero-order valence-corrected chi connectivity index (χ0v) is 37.8. The molecule has 2 aliphatic rings. The molecule has 0 aliphatic carbocycles. The van der Waals surface area contributed by atoms with Crippen LogP contribution in [0.15, 0.2) is 60.7 Å². The van der Waals surface area contributed by atoms with E-state index >= 15 is 0 Å². The van der Waals surface area contributed by atoms with E-state index in [2.05, 4.69) is 15.3 Å². The summed E-state index contributed by atoms with van der Waals surface area (Å²) in [5.74, 6) is -3.91. The lowest BCUT2D eigenvalue weighted by Crippen LogP contribution is -2.47. The standard InChI is InChI=1S/C22H24ClF4N5O4S.C18H15ClF4N4O2/c1-13-9-14(22(25,26)27)10-19(28-13)32-18(12-31(21(32)34)7-8-37(35,36)29(2)3)20(33)30(4)15-5-6-17(24)16(23)11-15;1-9-5-10(18(21,22)23)6-15(25-9)27-14(8-24-17(27)29)16(28)26(2)11-3-4-13(20)12(19)7-11/h5-6,9-11,18H,7-8,12H2,1-4H3;3-7,14H,8H2,1-2H3,(H,24,29)/t18-;14-/m00/s1. The van der Waals surface area contributed by atoms with Gasteiger partial charge in [-0.15, -0.1) is 0 Å². The Morgan fingerprint density at radius 3 is 1.59 bits per heavy atom. The van der Waals surface area contributed by atoms with Gasteiger partial charge >= 0.3 is 24.4 Å². The fourth-order valence-corrected chi connectivity index (χ4v) is 7.79. The number of hydrogen-bond donors (Lipinski definition) is 1. The fourth-order valence-electron chi connectivity index (χ4n) is 6.62. The third-order valence-electron chi connectivity index (χ3n) is 10.2. The van der Waals surface area contributed by atoms with Crippen LogP contribution in [0.4, 0.5) is 67.7 Å². The van der Waals surface area contributed by atoms with Gasteiger partial charge in [0, 0.05) is 64.0 Å². The van der Waals surface area contributed by atoms with Gasteiger partial charge in [-0.3, -0.25) is 19.4 Å². The average Bonchev–Trinajstić information content (AvgIpc) is 3.78. The highest BCUT2D eigenvalue weighted by atomic mass is 35.5. The van der Waals surface area contributed by atoms with Gasteiger partial charge in [0.25, 0.3) is 11.8 Å². The number of alkyl halides is 6. The second-order valence-corrected chi connectivity index (χ2v) is 18.1. The smallest absolute Gasteiger partial charge is 0.335 e. The summed E-state index contributed by atoms with van der Waals surface area (Å²) >= 11 is 11.6. The van der Waals surface area contributed by atoms with Crippen molar-refractivity contribution in [3.8, 4) is 0 Å². The van der Waals surface area contributed by atoms with Gasteiger partial charge in [0.15, 0.2) is 0 Å². The van der Waals surface area contributed by atoms with Crippen LogP contribution in [0.2, 0.25) is 10.0 Å². The molecule has 0 bridgehead atoms. The molecular weight excluding hydrogens is 957 g/mol. The Labute approximate surface area is 382 Å². The van der Waals surface area contributed by atoms with Gasteiger partial charge in [-0.2, -0.15) is 26.3 Å². The van der Waals surface area contributed by atoms with Crippen LogP contribution in [0.1, 0.15) is 22.5 Å². The van der Waals surface area contributed by atoms with E-state index in [1.54, 1.807) is 0 Å². The molecule has 0 unspecified atom stereocenters. The Bertz CT molecular complexity index is 2660. The van der Waals surface area contributed by atoms with E-state index in [4.69, 9.17) is 23.2 Å². The predicted molar refractivity (Wildman–Crippen MR) is 228 cm³/mol. The van der Waals surface area contributed by atoms with Gasteiger partial charge in [0.2, 0.25) is 10.0 Å². The Kier molecular flexibility index (Phi) is 15.1. The van der Waals surface area contributed by atoms with Gasteiger partial charge < -0.3 is 20.0 Å². The van der Waals surface area contributed by atoms with Crippen molar-refractivity contribution in [3.63, 3.8) is 0 Å². The van der Waals surface area contributed by atoms with Crippen molar-refractivity contribution in [2.45, 2.75) is 38.3 Å². The minimum Gasteiger partial charge on any atom is -0.335 e. The number of carbonyl (C=O) groups excluding carboxylic acids is 4. The summed E-state index contributed by atoms with van der Waals surface area (Å²) in [7, 11) is 1.63. The number of sulfonamides is 1. The van der Waals surface area contributed by atoms with E-state index in [9.17, 15) is 62.7 Å². The highest BCUT2D eigenvalue weighted by molar-refractivity contribution is 7.89. The van der Waals surface area contributed by atoms with Crippen molar-refractivity contribution >= 4 is 80.1 Å². The summed E-state index contributed by atoms with van der Waals surface area (Å²) < 4.78 is 132. The lowest BCUT2D eigenvalue weighted by atomic mass is 10.1. The molecule has 66 heavy (non-hydrogen) atoms. The molecule has 6 amide bonds. The zero-order chi connectivity index (χ0) is 49.4. The number of carbonyl (C=O) groups is 4. The van der Waals surface area contributed by atoms with E-state index < -0.39 is 92.7 Å². The summed E-state index contributed by atoms with van der Waals surface area (Å²) in [6.45, 7) is 1.90. The average molecular weight is 997 g/mol. The van der Waals surface area contributed by atoms with Crippen molar-refractivity contribution in [1.29, 1.82) is 0 Å². The lowest BCUT2D eigenvalue weighted by Gasteiger charge is -2.27. The van der Waals surface area contributed by atoms with Crippen molar-refractivity contribution in [3.05, 3.63) is 105 Å². The van der Waals surface area contributed by atoms with Crippen LogP contribution in [0.5, 0.6) is 0 Å². The predicted octanol–water partition coefficient (Wildman–Crippen LogP) is 7.13. The zero-order valence-electron chi connectivity index (χ0n) is 35.5. The summed E-state index contributed by atoms with van der Waals surface area (Å²) in [5.41, 5.74) is -1.62. The molecule has 0 saturated carbocycles. The summed E-state index contributed by atoms with van der Waals surface area (Å²) in [6, 6.07) is 6.00. The van der Waals surface area contributed by atoms with Gasteiger partial charge in [-0.05, 0) is 74.5 Å². The van der Waals surface area contributed by atoms with Crippen LogP contribution in [0, 0.1) is 25.5 Å². The molecule has 6 rings (SSSR count). The van der Waals surface area contributed by atoms with Crippen LogP contribution in [0.25, 0.3) is 0 Å². The van der Waals surface area contributed by atoms with E-state index in [-0.39, 0.29) is 58.3 Å². The number of nitrogens with zero attached hydrogens (tertiary/aromatic N) is 8. The van der Waals surface area contributed by atoms with E-state index in [1.165, 1.54) is 66.3 Å². The number of likely N-dealkylation sites (N-methyl/N-ethyl adjacent to an activating group) is 2. The number of halogens is 10. The monoisotopic (exact) mass is 995 g/mol. The molecule has 2 atom stereocenters. The maximum absolute atomic E-state index is 13.6. The maximum Gasteiger partial charge on any atom is 0.416 e. The topological polar surface area (TPSA) is 160 Å². The van der Waals surface area contributed by atoms with Gasteiger partial charge in [0.1, 0.15) is 35.4 Å². The Hall–Kier alpha value is -5.85. The molecule has 4 aromatic rings. The molecule has 15 nitrogen and oxygen atoms in total. The Morgan fingerprint density at radius 1 is 0.727 bits per heavy atom. The van der Waals surface area contributed by atoms with Gasteiger partial charge in [-0.25, -0.2) is 41.1 Å². The minimum atomic E-state index is -4.74. The van der Waals surface area contributed by atoms with Crippen molar-refractivity contribution < 1.29 is 62.7 Å². The molecule has 356 valence electrons. The van der Waals surface area contributed by atoms with Crippen molar-refractivity contribution in [2.24, 2.45) is 0 Å². The molecule has 1 N–H and O–H groups in total. The van der Waals surface area contributed by atoms with E-state index in [0.717, 1.165) is 53.1 Å². The van der Waals surface area contributed by atoms with Crippen LogP contribution in [-0.2, 0) is 32.0 Å². The summed E-state index contributed by atoms with van der Waals surface area (Å²) in [4.78, 5) is 65.0. The Morgan fingerprint density at radius 2 is 1.17 bits per heavy atom. The molecule has 2 fully saturated rings. The van der Waals surface area contributed by atoms with Crippen LogP contribution in [-0.4, -0.2) is 117 Å². The molecular formula is C40H39Cl2F8N9O6S. The molecule has 4 heterocycles. The number of aryl methyl sites for hydroxylation is 2. The lowest BCUT2D eigenvalue weighted by molar-refractivity contribution is -0.138. The van der Waals surface area contributed by atoms with Crippen molar-refractivity contribution in [2.75, 3.05) is 73.2 Å². The molecule has 2 aromatic carbocycles. The second-order valence-electron chi connectivity index (χ2n) is 15.0. The van der Waals surface area contributed by atoms with Crippen LogP contribution >= 0.6 is 23.2 Å². The number of pyridine rings is 2. The Balaban J connectivity index is 0.000000255. The summed E-state index contributed by atoms with van der Waals surface area (Å²) in [6.07, 6.45) is -9.38. The molecule has 0 spiro atoms. The van der Waals surface area contributed by atoms with E-state index in [0.29, 0.717) is 12.1 Å². The minimum absolute atomic E-state index is 0.0411. The maximum atomic E-state index is 13.6. The molecule has 2 saturated heterocycles. The third kappa shape index (κ3) is 11.4. The number of rotatable bonds is 10. The molecule has 26 heteroatoms. The summed E-state index contributed by atoms with van der Waals surface area (Å²) in [5, 5.41) is 1.97. The normalized spacial score (nSPS) is 16.7. The first-order valence-electron chi connectivity index (χ1n) is 19.1. The molecule has 2 aromatic heterocycles. The number of amides is 6. The first-order valence-corrected chi connectivity index (χ1v) is 21.5. The first-order chi connectivity index (χ1) is 30.5. The molecule has 2 aliphatic heterocycles. The number of hydrogen-bond acceptors (Lipinski definition) is 8. The fraction of sp³-hybridized carbons (Fsp3) is 0.350. The number of benzene rings is 2. The van der Waals surface area contributed by atoms with Crippen LogP contribution in [0.3, 0.4) is 0 Å². The highest BCUT2D eigenvalue weighted by Gasteiger charge is 2.46. The second kappa shape index (κ2) is 19.5. The number of anilines is 4. The largest absolute Gasteiger partial charge is 0.416 e. The van der Waals surface area contributed by atoms with Gasteiger partial charge in [-0.1, -0.05) is 23.2 Å². The van der Waals surface area contributed by atoms with Crippen LogP contribution < -0.4 is 24.9 Å². The highest BCUT2D eigenvalue weighted by Crippen LogP contribution is 2.36. The number of nitrogens with one attached hydrogen (secondary N) is 1. The number of aromatic nitrogens is 2. The quantitative estimate of drug-likeness (QED) is 0.165. The third-order valence-corrected chi connectivity index (χ3v) is 12.6. The SMILES string of the molecule is Cc1cc(C(F)(F)F)cc(N2C(=O)N(CCS(=O)(=O)N(C)C)C[C@H]2C(=O)N(C)c2ccc(F)c(Cl)c2)n1.Cc1cc(C(F)(F)F)cc(N2C(=O)NC[C@H]2C(=O)N(C)c2ccc(F)c(Cl)c2)n1. The number of urea groups is 2.